The molecule has 2 fully saturated rings. The lowest BCUT2D eigenvalue weighted by molar-refractivity contribution is 0.00870. The van der Waals surface area contributed by atoms with E-state index in [0.717, 1.165) is 39.3 Å². The van der Waals surface area contributed by atoms with Crippen LogP contribution in [0.25, 0.3) is 0 Å². The summed E-state index contributed by atoms with van der Waals surface area (Å²) < 4.78 is 10.9. The Morgan fingerprint density at radius 1 is 0.607 bits per heavy atom. The van der Waals surface area contributed by atoms with Crippen LogP contribution in [0.2, 0.25) is 0 Å². The number of carbonyl (C=O) groups excluding carboxylic acids is 2. The summed E-state index contributed by atoms with van der Waals surface area (Å²) in [7, 11) is 0. The van der Waals surface area contributed by atoms with Crippen molar-refractivity contribution < 1.29 is 19.1 Å². The molecular weight excluding hydrogens is 360 g/mol. The van der Waals surface area contributed by atoms with Crippen molar-refractivity contribution in [3.8, 4) is 0 Å². The quantitative estimate of drug-likeness (QED) is 0.725. The lowest BCUT2D eigenvalue weighted by Crippen LogP contribution is -2.53. The van der Waals surface area contributed by atoms with Crippen LogP contribution in [0.15, 0.2) is 0 Å². The molecular formula is C20H38N4O4. The van der Waals surface area contributed by atoms with E-state index in [2.05, 4.69) is 9.80 Å². The molecule has 0 saturated carbocycles. The van der Waals surface area contributed by atoms with E-state index < -0.39 is 11.2 Å². The zero-order chi connectivity index (χ0) is 20.9. The van der Waals surface area contributed by atoms with Crippen LogP contribution in [0.5, 0.6) is 0 Å². The van der Waals surface area contributed by atoms with Crippen LogP contribution < -0.4 is 0 Å². The minimum atomic E-state index is -0.449. The van der Waals surface area contributed by atoms with Crippen LogP contribution in [-0.4, -0.2) is 108 Å². The Hall–Kier alpha value is -1.54. The summed E-state index contributed by atoms with van der Waals surface area (Å²) >= 11 is 0. The van der Waals surface area contributed by atoms with Crippen molar-refractivity contribution in [2.75, 3.05) is 65.4 Å². The van der Waals surface area contributed by atoms with E-state index in [9.17, 15) is 9.59 Å². The topological polar surface area (TPSA) is 65.6 Å². The maximum Gasteiger partial charge on any atom is 0.410 e. The lowest BCUT2D eigenvalue weighted by Gasteiger charge is -2.38. The second-order valence-electron chi connectivity index (χ2n) is 9.62. The molecule has 0 spiro atoms. The maximum atomic E-state index is 12.1. The van der Waals surface area contributed by atoms with Gasteiger partial charge < -0.3 is 19.3 Å². The number of rotatable bonds is 3. The van der Waals surface area contributed by atoms with Crippen molar-refractivity contribution >= 4 is 12.2 Å². The first kappa shape index (κ1) is 22.7. The minimum absolute atomic E-state index is 0.217. The Morgan fingerprint density at radius 3 is 1.14 bits per heavy atom. The van der Waals surface area contributed by atoms with Crippen molar-refractivity contribution in [1.29, 1.82) is 0 Å². The van der Waals surface area contributed by atoms with Gasteiger partial charge in [0.1, 0.15) is 11.2 Å². The summed E-state index contributed by atoms with van der Waals surface area (Å²) in [6, 6.07) is 0. The summed E-state index contributed by atoms with van der Waals surface area (Å²) in [6.45, 7) is 19.6. The fourth-order valence-electron chi connectivity index (χ4n) is 3.24. The highest BCUT2D eigenvalue weighted by atomic mass is 16.6. The highest BCUT2D eigenvalue weighted by molar-refractivity contribution is 5.68. The number of hydrogen-bond acceptors (Lipinski definition) is 6. The SMILES string of the molecule is CC(C)(C)OC(=O)N1CCN(CCN2CCN(C(=O)OC(C)(C)C)CC2)CC1. The van der Waals surface area contributed by atoms with Crippen molar-refractivity contribution in [2.45, 2.75) is 52.7 Å². The van der Waals surface area contributed by atoms with Gasteiger partial charge in [0.15, 0.2) is 0 Å². The van der Waals surface area contributed by atoms with Crippen molar-refractivity contribution in [2.24, 2.45) is 0 Å². The maximum absolute atomic E-state index is 12.1. The lowest BCUT2D eigenvalue weighted by atomic mass is 10.2. The third kappa shape index (κ3) is 7.83. The number of carbonyl (C=O) groups is 2. The van der Waals surface area contributed by atoms with Gasteiger partial charge in [-0.25, -0.2) is 9.59 Å². The molecule has 8 heteroatoms. The second kappa shape index (κ2) is 9.31. The zero-order valence-corrected chi connectivity index (χ0v) is 18.5. The molecule has 0 N–H and O–H groups in total. The molecule has 2 rings (SSSR count). The van der Waals surface area contributed by atoms with Gasteiger partial charge >= 0.3 is 12.2 Å². The summed E-state index contributed by atoms with van der Waals surface area (Å²) in [5.74, 6) is 0. The van der Waals surface area contributed by atoms with Crippen LogP contribution in [0.1, 0.15) is 41.5 Å². The summed E-state index contributed by atoms with van der Waals surface area (Å²) in [5, 5.41) is 0. The first-order valence-corrected chi connectivity index (χ1v) is 10.3. The Bertz CT molecular complexity index is 477. The Balaban J connectivity index is 1.63. The van der Waals surface area contributed by atoms with Gasteiger partial charge in [-0.15, -0.1) is 0 Å². The number of ether oxygens (including phenoxy) is 2. The molecule has 0 aliphatic carbocycles. The normalized spacial score (nSPS) is 20.2. The summed E-state index contributed by atoms with van der Waals surface area (Å²) in [4.78, 5) is 32.6. The molecule has 0 aromatic heterocycles. The van der Waals surface area contributed by atoms with E-state index in [1.165, 1.54) is 0 Å². The van der Waals surface area contributed by atoms with Crippen LogP contribution in [0, 0.1) is 0 Å². The van der Waals surface area contributed by atoms with Gasteiger partial charge in [0.05, 0.1) is 0 Å². The van der Waals surface area contributed by atoms with Gasteiger partial charge in [0, 0.05) is 65.4 Å². The van der Waals surface area contributed by atoms with Gasteiger partial charge in [-0.2, -0.15) is 0 Å². The molecule has 2 amide bonds. The molecule has 0 aromatic carbocycles. The molecule has 8 nitrogen and oxygen atoms in total. The predicted molar refractivity (Wildman–Crippen MR) is 108 cm³/mol. The highest BCUT2D eigenvalue weighted by Gasteiger charge is 2.28. The standard InChI is InChI=1S/C20H38N4O4/c1-19(2,3)27-17(25)23-13-9-21(10-14-23)7-8-22-11-15-24(16-12-22)18(26)28-20(4,5)6/h7-16H2,1-6H3. The van der Waals surface area contributed by atoms with Crippen molar-refractivity contribution in [1.82, 2.24) is 19.6 Å². The third-order valence-electron chi connectivity index (χ3n) is 4.78. The van der Waals surface area contributed by atoms with E-state index in [1.807, 2.05) is 41.5 Å². The molecule has 2 aliphatic heterocycles. The summed E-state index contributed by atoms with van der Waals surface area (Å²) in [6.07, 6.45) is -0.434. The highest BCUT2D eigenvalue weighted by Crippen LogP contribution is 2.13. The molecule has 0 radical (unpaired) electrons. The zero-order valence-electron chi connectivity index (χ0n) is 18.5. The molecule has 2 saturated heterocycles. The Labute approximate surface area is 169 Å². The van der Waals surface area contributed by atoms with Crippen LogP contribution >= 0.6 is 0 Å². The third-order valence-corrected chi connectivity index (χ3v) is 4.78. The van der Waals surface area contributed by atoms with Crippen LogP contribution in [-0.2, 0) is 9.47 Å². The first-order chi connectivity index (χ1) is 12.9. The van der Waals surface area contributed by atoms with Crippen molar-refractivity contribution in [3.63, 3.8) is 0 Å². The fraction of sp³-hybridized carbons (Fsp3) is 0.900. The molecule has 0 bridgehead atoms. The van der Waals surface area contributed by atoms with E-state index in [0.29, 0.717) is 26.2 Å². The monoisotopic (exact) mass is 398 g/mol. The first-order valence-electron chi connectivity index (χ1n) is 10.3. The smallest absolute Gasteiger partial charge is 0.410 e. The number of nitrogens with zero attached hydrogens (tertiary/aromatic N) is 4. The molecule has 0 aromatic rings. The molecule has 2 heterocycles. The largest absolute Gasteiger partial charge is 0.444 e. The fourth-order valence-corrected chi connectivity index (χ4v) is 3.24. The molecule has 0 unspecified atom stereocenters. The van der Waals surface area contributed by atoms with E-state index in [4.69, 9.17) is 9.47 Å². The molecule has 162 valence electrons. The van der Waals surface area contributed by atoms with Crippen LogP contribution in [0.4, 0.5) is 9.59 Å². The van der Waals surface area contributed by atoms with E-state index in [1.54, 1.807) is 9.80 Å². The van der Waals surface area contributed by atoms with Gasteiger partial charge in [-0.3, -0.25) is 9.80 Å². The van der Waals surface area contributed by atoms with Crippen LogP contribution in [0.3, 0.4) is 0 Å². The minimum Gasteiger partial charge on any atom is -0.444 e. The second-order valence-corrected chi connectivity index (χ2v) is 9.62. The average Bonchev–Trinajstić information content (AvgIpc) is 2.58. The van der Waals surface area contributed by atoms with E-state index in [-0.39, 0.29) is 12.2 Å². The Kier molecular flexibility index (Phi) is 7.56. The number of piperazine rings is 2. The van der Waals surface area contributed by atoms with E-state index >= 15 is 0 Å². The summed E-state index contributed by atoms with van der Waals surface area (Å²) in [5.41, 5.74) is -0.897. The van der Waals surface area contributed by atoms with Gasteiger partial charge in [0.25, 0.3) is 0 Å². The number of amides is 2. The van der Waals surface area contributed by atoms with Gasteiger partial charge in [0.2, 0.25) is 0 Å². The molecule has 28 heavy (non-hydrogen) atoms. The Morgan fingerprint density at radius 2 is 0.893 bits per heavy atom. The predicted octanol–water partition coefficient (Wildman–Crippen LogP) is 2.09. The number of hydrogen-bond donors (Lipinski definition) is 0. The van der Waals surface area contributed by atoms with Gasteiger partial charge in [-0.05, 0) is 41.5 Å². The van der Waals surface area contributed by atoms with Crippen molar-refractivity contribution in [3.05, 3.63) is 0 Å². The molecule has 0 atom stereocenters. The van der Waals surface area contributed by atoms with Gasteiger partial charge in [-0.1, -0.05) is 0 Å². The molecule has 2 aliphatic rings. The average molecular weight is 399 g/mol.